The molecule has 0 amide bonds. The Morgan fingerprint density at radius 1 is 1.53 bits per heavy atom. The minimum absolute atomic E-state index is 0.0548. The van der Waals surface area contributed by atoms with Crippen LogP contribution in [0.15, 0.2) is 0 Å². The zero-order valence-electron chi connectivity index (χ0n) is 8.87. The third-order valence-electron chi connectivity index (χ3n) is 1.66. The van der Waals surface area contributed by atoms with Crippen LogP contribution in [-0.4, -0.2) is 55.9 Å². The van der Waals surface area contributed by atoms with Gasteiger partial charge in [-0.15, -0.1) is 0 Å². The molecule has 0 saturated carbocycles. The number of esters is 1. The van der Waals surface area contributed by atoms with E-state index >= 15 is 0 Å². The predicted molar refractivity (Wildman–Crippen MR) is 60.1 cm³/mol. The van der Waals surface area contributed by atoms with E-state index in [1.165, 1.54) is 7.11 Å². The summed E-state index contributed by atoms with van der Waals surface area (Å²) in [6.07, 6.45) is 0.848. The van der Waals surface area contributed by atoms with E-state index in [9.17, 15) is 4.79 Å². The third kappa shape index (κ3) is 8.80. The summed E-state index contributed by atoms with van der Waals surface area (Å²) in [6, 6.07) is 0. The average molecular weight is 284 g/mol. The fraction of sp³-hybridized carbons (Fsp3) is 0.889. The summed E-state index contributed by atoms with van der Waals surface area (Å²) in [6.45, 7) is 2.35. The van der Waals surface area contributed by atoms with E-state index in [1.54, 1.807) is 0 Å². The van der Waals surface area contributed by atoms with Gasteiger partial charge in [-0.05, 0) is 13.0 Å². The molecule has 0 heterocycles. The molecule has 6 heteroatoms. The number of carbonyl (C=O) groups excluding carboxylic acids is 1. The Morgan fingerprint density at radius 3 is 2.87 bits per heavy atom. The summed E-state index contributed by atoms with van der Waals surface area (Å²) in [5.74, 6) is -0.279. The first-order chi connectivity index (χ1) is 7.22. The fourth-order valence-corrected chi connectivity index (χ4v) is 1.32. The predicted octanol–water partition coefficient (Wildman–Crippen LogP) is -0.0885. The van der Waals surface area contributed by atoms with Gasteiger partial charge >= 0.3 is 5.97 Å². The van der Waals surface area contributed by atoms with Crippen molar-refractivity contribution in [2.75, 3.05) is 40.0 Å². The van der Waals surface area contributed by atoms with E-state index < -0.39 is 0 Å². The van der Waals surface area contributed by atoms with Crippen LogP contribution in [-0.2, 0) is 14.3 Å². The number of rotatable bonds is 9. The van der Waals surface area contributed by atoms with Crippen molar-refractivity contribution in [1.29, 1.82) is 0 Å². The molecule has 0 saturated heterocycles. The monoisotopic (exact) mass is 283 g/mol. The van der Waals surface area contributed by atoms with Gasteiger partial charge in [0.05, 0.1) is 20.3 Å². The first kappa shape index (κ1) is 14.8. The van der Waals surface area contributed by atoms with Gasteiger partial charge in [-0.2, -0.15) is 0 Å². The summed E-state index contributed by atoms with van der Waals surface area (Å²) >= 11 is 3.20. The largest absolute Gasteiger partial charge is 0.468 e. The van der Waals surface area contributed by atoms with E-state index in [-0.39, 0.29) is 17.4 Å². The van der Waals surface area contributed by atoms with E-state index in [0.29, 0.717) is 19.8 Å². The van der Waals surface area contributed by atoms with Crippen LogP contribution in [0.1, 0.15) is 6.42 Å². The van der Waals surface area contributed by atoms with Crippen LogP contribution < -0.4 is 5.32 Å². The lowest BCUT2D eigenvalue weighted by atomic mass is 10.4. The molecule has 0 rings (SSSR count). The third-order valence-corrected chi connectivity index (χ3v) is 2.36. The minimum Gasteiger partial charge on any atom is -0.468 e. The van der Waals surface area contributed by atoms with E-state index in [0.717, 1.165) is 13.0 Å². The molecular weight excluding hydrogens is 266 g/mol. The van der Waals surface area contributed by atoms with Crippen LogP contribution in [0.5, 0.6) is 0 Å². The first-order valence-electron chi connectivity index (χ1n) is 4.83. The Kier molecular flexibility index (Phi) is 10.2. The normalized spacial score (nSPS) is 12.5. The second kappa shape index (κ2) is 10.4. The van der Waals surface area contributed by atoms with E-state index in [1.807, 2.05) is 0 Å². The molecule has 0 aromatic rings. The highest BCUT2D eigenvalue weighted by Crippen LogP contribution is 1.99. The summed E-state index contributed by atoms with van der Waals surface area (Å²) in [5, 5.41) is 11.5. The smallest absolute Gasteiger partial charge is 0.320 e. The van der Waals surface area contributed by atoms with Gasteiger partial charge in [0, 0.05) is 13.2 Å². The highest BCUT2D eigenvalue weighted by atomic mass is 79.9. The molecule has 0 aliphatic rings. The molecule has 0 bridgehead atoms. The van der Waals surface area contributed by atoms with Gasteiger partial charge in [-0.25, -0.2) is 0 Å². The maximum absolute atomic E-state index is 11.0. The SMILES string of the molecule is COC(=O)C(Br)CNCCCOCCO. The van der Waals surface area contributed by atoms with Crippen LogP contribution in [0.25, 0.3) is 0 Å². The van der Waals surface area contributed by atoms with Crippen LogP contribution >= 0.6 is 15.9 Å². The highest BCUT2D eigenvalue weighted by molar-refractivity contribution is 9.10. The lowest BCUT2D eigenvalue weighted by Gasteiger charge is -2.08. The number of carbonyl (C=O) groups is 1. The van der Waals surface area contributed by atoms with Gasteiger partial charge in [-0.1, -0.05) is 15.9 Å². The Morgan fingerprint density at radius 2 is 2.27 bits per heavy atom. The number of hydrogen-bond donors (Lipinski definition) is 2. The standard InChI is InChI=1S/C9H18BrNO4/c1-14-9(13)8(10)7-11-3-2-5-15-6-4-12/h8,11-12H,2-7H2,1H3. The Bertz CT molecular complexity index is 168. The Hall–Kier alpha value is -0.170. The molecule has 0 aliphatic heterocycles. The first-order valence-corrected chi connectivity index (χ1v) is 5.75. The van der Waals surface area contributed by atoms with Gasteiger partial charge in [-0.3, -0.25) is 4.79 Å². The van der Waals surface area contributed by atoms with Gasteiger partial charge in [0.25, 0.3) is 0 Å². The number of nitrogens with one attached hydrogen (secondary N) is 1. The average Bonchev–Trinajstić information content (AvgIpc) is 2.26. The zero-order valence-corrected chi connectivity index (χ0v) is 10.5. The van der Waals surface area contributed by atoms with Crippen molar-refractivity contribution in [3.63, 3.8) is 0 Å². The van der Waals surface area contributed by atoms with E-state index in [2.05, 4.69) is 26.0 Å². The molecular formula is C9H18BrNO4. The lowest BCUT2D eigenvalue weighted by molar-refractivity contribution is -0.139. The number of methoxy groups -OCH3 is 1. The summed E-state index contributed by atoms with van der Waals surface area (Å²) in [7, 11) is 1.36. The molecule has 0 aromatic heterocycles. The number of aliphatic hydroxyl groups is 1. The number of aliphatic hydroxyl groups excluding tert-OH is 1. The number of alkyl halides is 1. The van der Waals surface area contributed by atoms with Crippen LogP contribution in [0.2, 0.25) is 0 Å². The summed E-state index contributed by atoms with van der Waals surface area (Å²) in [4.78, 5) is 10.7. The molecule has 15 heavy (non-hydrogen) atoms. The Balaban J connectivity index is 3.20. The quantitative estimate of drug-likeness (QED) is 0.352. The maximum atomic E-state index is 11.0. The van der Waals surface area contributed by atoms with Crippen LogP contribution in [0.4, 0.5) is 0 Å². The molecule has 90 valence electrons. The van der Waals surface area contributed by atoms with E-state index in [4.69, 9.17) is 9.84 Å². The van der Waals surface area contributed by atoms with Crippen LogP contribution in [0, 0.1) is 0 Å². The fourth-order valence-electron chi connectivity index (χ4n) is 0.906. The van der Waals surface area contributed by atoms with Gasteiger partial charge < -0.3 is 19.9 Å². The van der Waals surface area contributed by atoms with Gasteiger partial charge in [0.15, 0.2) is 0 Å². The van der Waals surface area contributed by atoms with Crippen molar-refractivity contribution in [3.05, 3.63) is 0 Å². The van der Waals surface area contributed by atoms with Crippen molar-refractivity contribution in [2.24, 2.45) is 0 Å². The molecule has 5 nitrogen and oxygen atoms in total. The molecule has 1 atom stereocenters. The second-order valence-corrected chi connectivity index (χ2v) is 3.99. The number of halogens is 1. The van der Waals surface area contributed by atoms with Crippen molar-refractivity contribution in [3.8, 4) is 0 Å². The van der Waals surface area contributed by atoms with Crippen molar-refractivity contribution < 1.29 is 19.4 Å². The lowest BCUT2D eigenvalue weighted by Crippen LogP contribution is -2.30. The van der Waals surface area contributed by atoms with Crippen LogP contribution in [0.3, 0.4) is 0 Å². The molecule has 2 N–H and O–H groups in total. The molecule has 0 aromatic carbocycles. The zero-order chi connectivity index (χ0) is 11.5. The summed E-state index contributed by atoms with van der Waals surface area (Å²) < 4.78 is 9.61. The van der Waals surface area contributed by atoms with Crippen molar-refractivity contribution >= 4 is 21.9 Å². The summed E-state index contributed by atoms with van der Waals surface area (Å²) in [5.41, 5.74) is 0. The maximum Gasteiger partial charge on any atom is 0.320 e. The Labute approximate surface area is 98.3 Å². The molecule has 0 fully saturated rings. The number of hydrogen-bond acceptors (Lipinski definition) is 5. The molecule has 0 spiro atoms. The molecule has 0 aliphatic carbocycles. The number of ether oxygens (including phenoxy) is 2. The van der Waals surface area contributed by atoms with Crippen molar-refractivity contribution in [2.45, 2.75) is 11.2 Å². The molecule has 1 unspecified atom stereocenters. The molecule has 0 radical (unpaired) electrons. The van der Waals surface area contributed by atoms with Gasteiger partial charge in [0.1, 0.15) is 4.83 Å². The van der Waals surface area contributed by atoms with Gasteiger partial charge in [0.2, 0.25) is 0 Å². The highest BCUT2D eigenvalue weighted by Gasteiger charge is 2.13. The van der Waals surface area contributed by atoms with Crippen molar-refractivity contribution in [1.82, 2.24) is 5.32 Å². The minimum atomic E-state index is -0.305. The second-order valence-electron chi connectivity index (χ2n) is 2.88. The topological polar surface area (TPSA) is 67.8 Å².